The van der Waals surface area contributed by atoms with Gasteiger partial charge in [-0.2, -0.15) is 11.8 Å². The van der Waals surface area contributed by atoms with Crippen LogP contribution in [0.2, 0.25) is 0 Å². The van der Waals surface area contributed by atoms with Gasteiger partial charge >= 0.3 is 0 Å². The van der Waals surface area contributed by atoms with Crippen LogP contribution in [0.1, 0.15) is 38.8 Å². The van der Waals surface area contributed by atoms with E-state index < -0.39 is 0 Å². The van der Waals surface area contributed by atoms with Crippen molar-refractivity contribution >= 4 is 17.6 Å². The monoisotopic (exact) mass is 281 g/mol. The van der Waals surface area contributed by atoms with E-state index in [0.29, 0.717) is 12.1 Å². The van der Waals surface area contributed by atoms with E-state index >= 15 is 0 Å². The fraction of sp³-hybridized carbons (Fsp3) is 0.667. The molecule has 1 aromatic heterocycles. The minimum atomic E-state index is 0.366. The Bertz CT molecular complexity index is 353. The molecule has 19 heavy (non-hydrogen) atoms. The van der Waals surface area contributed by atoms with Gasteiger partial charge in [-0.3, -0.25) is 0 Å². The number of thioether (sulfide) groups is 1. The van der Waals surface area contributed by atoms with Gasteiger partial charge in [-0.25, -0.2) is 4.98 Å². The summed E-state index contributed by atoms with van der Waals surface area (Å²) in [6.45, 7) is 7.51. The Balaban J connectivity index is 2.74. The van der Waals surface area contributed by atoms with E-state index in [-0.39, 0.29) is 0 Å². The molecule has 2 atom stereocenters. The summed E-state index contributed by atoms with van der Waals surface area (Å²) < 4.78 is 0. The van der Waals surface area contributed by atoms with Crippen molar-refractivity contribution in [1.29, 1.82) is 0 Å². The largest absolute Gasteiger partial charge is 0.356 e. The smallest absolute Gasteiger partial charge is 0.128 e. The zero-order valence-electron chi connectivity index (χ0n) is 12.8. The molecule has 1 N–H and O–H groups in total. The fourth-order valence-electron chi connectivity index (χ4n) is 2.17. The van der Waals surface area contributed by atoms with Gasteiger partial charge in [-0.15, -0.1) is 0 Å². The minimum Gasteiger partial charge on any atom is -0.356 e. The van der Waals surface area contributed by atoms with E-state index in [0.717, 1.165) is 24.5 Å². The van der Waals surface area contributed by atoms with Crippen LogP contribution in [0.5, 0.6) is 0 Å². The van der Waals surface area contributed by atoms with Crippen LogP contribution in [-0.2, 0) is 0 Å². The molecule has 0 spiro atoms. The fourth-order valence-corrected chi connectivity index (χ4v) is 3.01. The Hall–Kier alpha value is -0.740. The van der Waals surface area contributed by atoms with Crippen LogP contribution in [0.15, 0.2) is 18.3 Å². The van der Waals surface area contributed by atoms with Gasteiger partial charge in [0.2, 0.25) is 0 Å². The number of rotatable bonds is 8. The zero-order chi connectivity index (χ0) is 14.3. The van der Waals surface area contributed by atoms with E-state index in [1.807, 2.05) is 18.0 Å². The highest BCUT2D eigenvalue weighted by Gasteiger charge is 2.14. The lowest BCUT2D eigenvalue weighted by Gasteiger charge is -2.28. The van der Waals surface area contributed by atoms with Crippen LogP contribution in [0.25, 0.3) is 0 Å². The summed E-state index contributed by atoms with van der Waals surface area (Å²) in [5.74, 6) is 2.21. The summed E-state index contributed by atoms with van der Waals surface area (Å²) in [5, 5.41) is 3.41. The predicted octanol–water partition coefficient (Wildman–Crippen LogP) is 3.33. The highest BCUT2D eigenvalue weighted by molar-refractivity contribution is 7.98. The van der Waals surface area contributed by atoms with Crippen molar-refractivity contribution < 1.29 is 0 Å². The zero-order valence-corrected chi connectivity index (χ0v) is 13.6. The molecule has 0 aliphatic rings. The molecule has 4 heteroatoms. The van der Waals surface area contributed by atoms with Crippen LogP contribution >= 0.6 is 11.8 Å². The Kier molecular flexibility index (Phi) is 7.24. The van der Waals surface area contributed by atoms with Gasteiger partial charge in [0.25, 0.3) is 0 Å². The lowest BCUT2D eigenvalue weighted by molar-refractivity contribution is 0.595. The van der Waals surface area contributed by atoms with Gasteiger partial charge in [0.1, 0.15) is 5.82 Å². The van der Waals surface area contributed by atoms with Crippen molar-refractivity contribution in [1.82, 2.24) is 10.3 Å². The van der Waals surface area contributed by atoms with Gasteiger partial charge in [0.15, 0.2) is 0 Å². The van der Waals surface area contributed by atoms with Gasteiger partial charge in [0.05, 0.1) is 0 Å². The minimum absolute atomic E-state index is 0.366. The van der Waals surface area contributed by atoms with Gasteiger partial charge < -0.3 is 10.2 Å². The first-order valence-corrected chi connectivity index (χ1v) is 8.44. The number of aromatic nitrogens is 1. The molecule has 0 bridgehead atoms. The second-order valence-corrected chi connectivity index (χ2v) is 5.77. The van der Waals surface area contributed by atoms with E-state index in [1.165, 1.54) is 5.56 Å². The highest BCUT2D eigenvalue weighted by atomic mass is 32.2. The van der Waals surface area contributed by atoms with E-state index in [1.54, 1.807) is 0 Å². The lowest BCUT2D eigenvalue weighted by Crippen LogP contribution is -2.33. The number of nitrogens with one attached hydrogen (secondary N) is 1. The van der Waals surface area contributed by atoms with Crippen molar-refractivity contribution in [3.8, 4) is 0 Å². The number of nitrogens with zero attached hydrogens (tertiary/aromatic N) is 2. The molecule has 0 aromatic carbocycles. The van der Waals surface area contributed by atoms with Crippen molar-refractivity contribution in [2.45, 2.75) is 39.3 Å². The summed E-state index contributed by atoms with van der Waals surface area (Å²) in [4.78, 5) is 6.90. The van der Waals surface area contributed by atoms with Crippen molar-refractivity contribution in [3.05, 3.63) is 23.9 Å². The van der Waals surface area contributed by atoms with Crippen LogP contribution in [0.3, 0.4) is 0 Å². The summed E-state index contributed by atoms with van der Waals surface area (Å²) >= 11 is 1.89. The topological polar surface area (TPSA) is 28.2 Å². The number of anilines is 1. The molecule has 0 radical (unpaired) electrons. The molecule has 3 nitrogen and oxygen atoms in total. The average molecular weight is 281 g/mol. The first-order valence-electron chi connectivity index (χ1n) is 7.05. The average Bonchev–Trinajstić information content (AvgIpc) is 2.44. The van der Waals surface area contributed by atoms with E-state index in [2.05, 4.69) is 61.4 Å². The maximum Gasteiger partial charge on any atom is 0.128 e. The number of hydrogen-bond acceptors (Lipinski definition) is 4. The molecule has 1 aromatic rings. The molecule has 0 fully saturated rings. The molecular weight excluding hydrogens is 254 g/mol. The summed E-state index contributed by atoms with van der Waals surface area (Å²) in [6.07, 6.45) is 5.30. The van der Waals surface area contributed by atoms with Gasteiger partial charge in [-0.1, -0.05) is 19.9 Å². The standard InChI is InChI=1S/C15H27N3S/c1-6-14(11-19-5)18(4)15-9-8-13(10-17-15)12(3)16-7-2/h8-10,12,14,16H,6-7,11H2,1-5H3. The van der Waals surface area contributed by atoms with Crippen LogP contribution in [0, 0.1) is 0 Å². The molecular formula is C15H27N3S. The lowest BCUT2D eigenvalue weighted by atomic mass is 10.1. The Morgan fingerprint density at radius 3 is 2.58 bits per heavy atom. The number of pyridine rings is 1. The van der Waals surface area contributed by atoms with Crippen molar-refractivity contribution in [2.75, 3.05) is 30.5 Å². The molecule has 0 aliphatic carbocycles. The first-order chi connectivity index (χ1) is 9.13. The molecule has 108 valence electrons. The molecule has 0 aliphatic heterocycles. The normalized spacial score (nSPS) is 14.2. The Morgan fingerprint density at radius 1 is 1.37 bits per heavy atom. The maximum atomic E-state index is 4.61. The van der Waals surface area contributed by atoms with Crippen molar-refractivity contribution in [2.24, 2.45) is 0 Å². The van der Waals surface area contributed by atoms with Crippen LogP contribution in [0.4, 0.5) is 5.82 Å². The quantitative estimate of drug-likeness (QED) is 0.791. The predicted molar refractivity (Wildman–Crippen MR) is 87.2 cm³/mol. The van der Waals surface area contributed by atoms with Crippen LogP contribution in [-0.4, -0.2) is 36.6 Å². The summed E-state index contributed by atoms with van der Waals surface area (Å²) in [6, 6.07) is 5.23. The summed E-state index contributed by atoms with van der Waals surface area (Å²) in [7, 11) is 2.14. The second-order valence-electron chi connectivity index (χ2n) is 4.86. The third kappa shape index (κ3) is 4.69. The molecule has 1 heterocycles. The molecule has 2 unspecified atom stereocenters. The highest BCUT2D eigenvalue weighted by Crippen LogP contribution is 2.19. The third-order valence-electron chi connectivity index (χ3n) is 3.52. The van der Waals surface area contributed by atoms with Crippen molar-refractivity contribution in [3.63, 3.8) is 0 Å². The molecule has 1 rings (SSSR count). The van der Waals surface area contributed by atoms with Crippen LogP contribution < -0.4 is 10.2 Å². The molecule has 0 saturated carbocycles. The molecule has 0 saturated heterocycles. The SMILES string of the molecule is CCNC(C)c1ccc(N(C)C(CC)CSC)nc1. The van der Waals surface area contributed by atoms with Gasteiger partial charge in [0, 0.05) is 31.1 Å². The van der Waals surface area contributed by atoms with E-state index in [4.69, 9.17) is 0 Å². The third-order valence-corrected chi connectivity index (χ3v) is 4.24. The maximum absolute atomic E-state index is 4.61. The van der Waals surface area contributed by atoms with Gasteiger partial charge in [-0.05, 0) is 37.8 Å². The summed E-state index contributed by atoms with van der Waals surface area (Å²) in [5.41, 5.74) is 1.25. The second kappa shape index (κ2) is 8.43. The number of hydrogen-bond donors (Lipinski definition) is 1. The Morgan fingerprint density at radius 2 is 2.11 bits per heavy atom. The van der Waals surface area contributed by atoms with E-state index in [9.17, 15) is 0 Å². The Labute approximate surface area is 122 Å². The first kappa shape index (κ1) is 16.3. The molecule has 0 amide bonds.